The summed E-state index contributed by atoms with van der Waals surface area (Å²) >= 11 is 4.48. The molecule has 2 aliphatic rings. The highest BCUT2D eigenvalue weighted by Gasteiger charge is 2.24. The van der Waals surface area contributed by atoms with Crippen molar-refractivity contribution in [3.63, 3.8) is 0 Å². The fraction of sp³-hybridized carbons (Fsp3) is 0.273. The summed E-state index contributed by atoms with van der Waals surface area (Å²) in [5, 5.41) is 0. The molecule has 0 aliphatic heterocycles. The van der Waals surface area contributed by atoms with Crippen LogP contribution in [0.3, 0.4) is 0 Å². The molecule has 12 heavy (non-hydrogen) atoms. The molecule has 0 amide bonds. The van der Waals surface area contributed by atoms with Crippen molar-refractivity contribution in [1.82, 2.24) is 0 Å². The predicted octanol–water partition coefficient (Wildman–Crippen LogP) is 3.12. The molecule has 0 saturated heterocycles. The van der Waals surface area contributed by atoms with E-state index in [-0.39, 0.29) is 0 Å². The van der Waals surface area contributed by atoms with E-state index in [0.717, 1.165) is 0 Å². The molecule has 0 radical (unpaired) electrons. The molecule has 0 nitrogen and oxygen atoms in total. The summed E-state index contributed by atoms with van der Waals surface area (Å²) in [7, 11) is 0. The summed E-state index contributed by atoms with van der Waals surface area (Å²) in [4.78, 5) is 1.18. The molecule has 0 aromatic heterocycles. The summed E-state index contributed by atoms with van der Waals surface area (Å²) < 4.78 is 0. The zero-order chi connectivity index (χ0) is 8.55. The predicted molar refractivity (Wildman–Crippen MR) is 56.1 cm³/mol. The zero-order valence-electron chi connectivity index (χ0n) is 7.07. The molecule has 0 aromatic carbocycles. The van der Waals surface area contributed by atoms with Crippen LogP contribution in [0.15, 0.2) is 46.9 Å². The maximum absolute atomic E-state index is 4.48. The lowest BCUT2D eigenvalue weighted by molar-refractivity contribution is 0.615. The molecule has 1 heteroatoms. The van der Waals surface area contributed by atoms with Crippen molar-refractivity contribution >= 4 is 12.6 Å². The first kappa shape index (κ1) is 7.93. The number of fused-ring (bicyclic) bond motifs is 1. The van der Waals surface area contributed by atoms with Gasteiger partial charge < -0.3 is 0 Å². The van der Waals surface area contributed by atoms with Gasteiger partial charge in [-0.15, -0.1) is 12.6 Å². The Hall–Kier alpha value is -0.690. The van der Waals surface area contributed by atoms with Gasteiger partial charge in [0.15, 0.2) is 0 Å². The quantitative estimate of drug-likeness (QED) is 0.539. The SMILES string of the molecule is CC1=CC=CC2C=CC=C(S)C12. The van der Waals surface area contributed by atoms with E-state index >= 15 is 0 Å². The first-order valence-electron chi connectivity index (χ1n) is 4.21. The van der Waals surface area contributed by atoms with E-state index in [2.05, 4.69) is 56.0 Å². The molecule has 2 aliphatic carbocycles. The maximum atomic E-state index is 4.48. The van der Waals surface area contributed by atoms with E-state index in [4.69, 9.17) is 0 Å². The molecule has 62 valence electrons. The first-order chi connectivity index (χ1) is 5.79. The highest BCUT2D eigenvalue weighted by Crippen LogP contribution is 2.37. The highest BCUT2D eigenvalue weighted by atomic mass is 32.1. The summed E-state index contributed by atoms with van der Waals surface area (Å²) in [6.45, 7) is 2.17. The van der Waals surface area contributed by atoms with Gasteiger partial charge in [0.05, 0.1) is 0 Å². The van der Waals surface area contributed by atoms with Crippen LogP contribution >= 0.6 is 12.6 Å². The zero-order valence-corrected chi connectivity index (χ0v) is 7.96. The third-order valence-electron chi connectivity index (χ3n) is 2.49. The normalized spacial score (nSPS) is 32.5. The number of rotatable bonds is 0. The minimum atomic E-state index is 0.503. The van der Waals surface area contributed by atoms with Crippen LogP contribution < -0.4 is 0 Å². The second-order valence-corrected chi connectivity index (χ2v) is 3.84. The molecule has 2 rings (SSSR count). The molecule has 0 heterocycles. The average molecular weight is 176 g/mol. The molecule has 0 spiro atoms. The van der Waals surface area contributed by atoms with Gasteiger partial charge >= 0.3 is 0 Å². The first-order valence-corrected chi connectivity index (χ1v) is 4.66. The standard InChI is InChI=1S/C11H12S/c1-8-4-2-5-9-6-3-7-10(12)11(8)9/h2-7,9,11-12H,1H3. The lowest BCUT2D eigenvalue weighted by Gasteiger charge is -2.28. The summed E-state index contributed by atoms with van der Waals surface area (Å²) in [6, 6.07) is 0. The minimum Gasteiger partial charge on any atom is -0.147 e. The Morgan fingerprint density at radius 2 is 1.83 bits per heavy atom. The second-order valence-electron chi connectivity index (χ2n) is 3.33. The van der Waals surface area contributed by atoms with Gasteiger partial charge in [-0.2, -0.15) is 0 Å². The van der Waals surface area contributed by atoms with Gasteiger partial charge in [-0.25, -0.2) is 0 Å². The fourth-order valence-corrected chi connectivity index (χ4v) is 2.31. The van der Waals surface area contributed by atoms with Crippen LogP contribution in [0.5, 0.6) is 0 Å². The summed E-state index contributed by atoms with van der Waals surface area (Å²) in [5.41, 5.74) is 1.41. The van der Waals surface area contributed by atoms with Crippen LogP contribution in [0.25, 0.3) is 0 Å². The van der Waals surface area contributed by atoms with Crippen LogP contribution in [0.4, 0.5) is 0 Å². The highest BCUT2D eigenvalue weighted by molar-refractivity contribution is 7.84. The smallest absolute Gasteiger partial charge is 0.0203 e. The third kappa shape index (κ3) is 1.18. The molecular weight excluding hydrogens is 164 g/mol. The molecular formula is C11H12S. The van der Waals surface area contributed by atoms with Crippen molar-refractivity contribution in [2.24, 2.45) is 11.8 Å². The topological polar surface area (TPSA) is 0 Å². The van der Waals surface area contributed by atoms with E-state index in [1.165, 1.54) is 10.5 Å². The summed E-state index contributed by atoms with van der Waals surface area (Å²) in [6.07, 6.45) is 12.9. The van der Waals surface area contributed by atoms with Crippen molar-refractivity contribution in [3.8, 4) is 0 Å². The largest absolute Gasteiger partial charge is 0.147 e. The molecule has 0 N–H and O–H groups in total. The van der Waals surface area contributed by atoms with E-state index in [0.29, 0.717) is 11.8 Å². The van der Waals surface area contributed by atoms with Crippen molar-refractivity contribution in [2.45, 2.75) is 6.92 Å². The Bertz CT molecular complexity index is 275. The molecule has 0 aromatic rings. The van der Waals surface area contributed by atoms with Crippen LogP contribution in [0, 0.1) is 11.8 Å². The molecule has 2 unspecified atom stereocenters. The van der Waals surface area contributed by atoms with Gasteiger partial charge in [-0.05, 0) is 11.8 Å². The van der Waals surface area contributed by atoms with E-state index in [9.17, 15) is 0 Å². The monoisotopic (exact) mass is 176 g/mol. The van der Waals surface area contributed by atoms with Crippen molar-refractivity contribution in [2.75, 3.05) is 0 Å². The minimum absolute atomic E-state index is 0.503. The Morgan fingerprint density at radius 1 is 1.17 bits per heavy atom. The number of hydrogen-bond acceptors (Lipinski definition) is 1. The second kappa shape index (κ2) is 2.98. The summed E-state index contributed by atoms with van der Waals surface area (Å²) in [5.74, 6) is 1.04. The van der Waals surface area contributed by atoms with E-state index < -0.39 is 0 Å². The van der Waals surface area contributed by atoms with Crippen LogP contribution in [-0.4, -0.2) is 0 Å². The van der Waals surface area contributed by atoms with Gasteiger partial charge in [0.25, 0.3) is 0 Å². The van der Waals surface area contributed by atoms with Crippen molar-refractivity contribution in [3.05, 3.63) is 46.9 Å². The lowest BCUT2D eigenvalue weighted by atomic mass is 9.80. The van der Waals surface area contributed by atoms with Crippen LogP contribution in [0.2, 0.25) is 0 Å². The van der Waals surface area contributed by atoms with Crippen molar-refractivity contribution in [1.29, 1.82) is 0 Å². The molecule has 0 fully saturated rings. The van der Waals surface area contributed by atoms with Gasteiger partial charge in [0, 0.05) is 11.8 Å². The van der Waals surface area contributed by atoms with Gasteiger partial charge in [0.1, 0.15) is 0 Å². The van der Waals surface area contributed by atoms with E-state index in [1.807, 2.05) is 0 Å². The number of hydrogen-bond donors (Lipinski definition) is 1. The maximum Gasteiger partial charge on any atom is 0.0203 e. The van der Waals surface area contributed by atoms with Crippen LogP contribution in [0.1, 0.15) is 6.92 Å². The average Bonchev–Trinajstić information content (AvgIpc) is 2.04. The Labute approximate surface area is 78.8 Å². The Balaban J connectivity index is 2.38. The molecule has 0 saturated carbocycles. The van der Waals surface area contributed by atoms with Gasteiger partial charge in [-0.1, -0.05) is 42.0 Å². The molecule has 2 atom stereocenters. The van der Waals surface area contributed by atoms with E-state index in [1.54, 1.807) is 0 Å². The van der Waals surface area contributed by atoms with Gasteiger partial charge in [0.2, 0.25) is 0 Å². The van der Waals surface area contributed by atoms with Gasteiger partial charge in [-0.3, -0.25) is 0 Å². The Kier molecular flexibility index (Phi) is 1.97. The number of allylic oxidation sites excluding steroid dienone is 8. The lowest BCUT2D eigenvalue weighted by Crippen LogP contribution is -2.16. The molecule has 0 bridgehead atoms. The third-order valence-corrected chi connectivity index (χ3v) is 2.91. The fourth-order valence-electron chi connectivity index (χ4n) is 1.85. The Morgan fingerprint density at radius 3 is 2.50 bits per heavy atom. The van der Waals surface area contributed by atoms with Crippen molar-refractivity contribution < 1.29 is 0 Å². The number of thiol groups is 1. The van der Waals surface area contributed by atoms with Crippen LogP contribution in [-0.2, 0) is 0 Å².